The van der Waals surface area contributed by atoms with Crippen LogP contribution in [0.5, 0.6) is 5.19 Å². The number of carbonyl (C=O) groups is 2. The number of hydrogen-bond acceptors (Lipinski definition) is 5. The first-order valence-corrected chi connectivity index (χ1v) is 6.57. The average molecular weight is 270 g/mol. The smallest absolute Gasteiger partial charge is 0.355 e. The van der Waals surface area contributed by atoms with Crippen LogP contribution >= 0.6 is 11.3 Å². The molecule has 1 aliphatic rings. The van der Waals surface area contributed by atoms with Crippen LogP contribution in [-0.2, 0) is 4.79 Å². The van der Waals surface area contributed by atoms with E-state index in [1.54, 1.807) is 4.90 Å². The van der Waals surface area contributed by atoms with Crippen LogP contribution in [0.3, 0.4) is 0 Å². The molecule has 1 saturated heterocycles. The van der Waals surface area contributed by atoms with Crippen LogP contribution in [0.4, 0.5) is 0 Å². The standard InChI is InChI=1S/C11H14N2O4S/c1-7-2-3-9(14)13(7)4-5-17-11-12-8(6-18-11)10(15)16/h6-7H,2-5H2,1H3,(H,15,16). The molecule has 6 nitrogen and oxygen atoms in total. The van der Waals surface area contributed by atoms with E-state index in [0.29, 0.717) is 24.8 Å². The number of nitrogens with zero attached hydrogens (tertiary/aromatic N) is 2. The molecule has 1 aliphatic heterocycles. The third kappa shape index (κ3) is 2.79. The summed E-state index contributed by atoms with van der Waals surface area (Å²) in [6, 6.07) is 0.256. The number of carboxylic acid groups (broad SMARTS) is 1. The molecule has 0 bridgehead atoms. The summed E-state index contributed by atoms with van der Waals surface area (Å²) in [4.78, 5) is 27.7. The second-order valence-electron chi connectivity index (χ2n) is 4.13. The van der Waals surface area contributed by atoms with E-state index in [-0.39, 0.29) is 17.6 Å². The second-order valence-corrected chi connectivity index (χ2v) is 4.95. The number of hydrogen-bond donors (Lipinski definition) is 1. The van der Waals surface area contributed by atoms with Crippen LogP contribution in [0.15, 0.2) is 5.38 Å². The lowest BCUT2D eigenvalue weighted by Gasteiger charge is -2.20. The van der Waals surface area contributed by atoms with Gasteiger partial charge in [0.15, 0.2) is 5.69 Å². The van der Waals surface area contributed by atoms with Gasteiger partial charge >= 0.3 is 5.97 Å². The molecule has 0 radical (unpaired) electrons. The number of aromatic carboxylic acids is 1. The summed E-state index contributed by atoms with van der Waals surface area (Å²) in [5.41, 5.74) is -0.0133. The van der Waals surface area contributed by atoms with Gasteiger partial charge in [-0.1, -0.05) is 11.3 Å². The molecule has 1 fully saturated rings. The summed E-state index contributed by atoms with van der Waals surface area (Å²) in [6.07, 6.45) is 1.49. The maximum atomic E-state index is 11.5. The maximum absolute atomic E-state index is 11.5. The van der Waals surface area contributed by atoms with Gasteiger partial charge in [0.2, 0.25) is 5.91 Å². The van der Waals surface area contributed by atoms with E-state index in [9.17, 15) is 9.59 Å². The van der Waals surface area contributed by atoms with E-state index in [4.69, 9.17) is 9.84 Å². The Kier molecular flexibility index (Phi) is 3.81. The zero-order valence-electron chi connectivity index (χ0n) is 9.96. The highest BCUT2D eigenvalue weighted by Gasteiger charge is 2.26. The molecule has 1 unspecified atom stereocenters. The van der Waals surface area contributed by atoms with Crippen molar-refractivity contribution in [2.75, 3.05) is 13.2 Å². The highest BCUT2D eigenvalue weighted by molar-refractivity contribution is 7.11. The summed E-state index contributed by atoms with van der Waals surface area (Å²) in [5, 5.41) is 10.5. The lowest BCUT2D eigenvalue weighted by molar-refractivity contribution is -0.129. The molecule has 2 rings (SSSR count). The van der Waals surface area contributed by atoms with Crippen LogP contribution < -0.4 is 4.74 Å². The number of ether oxygens (including phenoxy) is 1. The molecule has 0 aromatic carbocycles. The van der Waals surface area contributed by atoms with Crippen molar-refractivity contribution in [3.8, 4) is 5.19 Å². The minimum absolute atomic E-state index is 0.0133. The predicted molar refractivity (Wildman–Crippen MR) is 65.0 cm³/mol. The number of amides is 1. The van der Waals surface area contributed by atoms with Gasteiger partial charge in [-0.3, -0.25) is 4.79 Å². The Balaban J connectivity index is 1.81. The SMILES string of the molecule is CC1CCC(=O)N1CCOc1nc(C(=O)O)cs1. The topological polar surface area (TPSA) is 79.7 Å². The molecule has 18 heavy (non-hydrogen) atoms. The van der Waals surface area contributed by atoms with Gasteiger partial charge in [0.1, 0.15) is 6.61 Å². The largest absolute Gasteiger partial charge is 0.476 e. The Hall–Kier alpha value is -1.63. The molecule has 1 amide bonds. The zero-order chi connectivity index (χ0) is 13.1. The molecular formula is C11H14N2O4S. The molecule has 0 saturated carbocycles. The van der Waals surface area contributed by atoms with E-state index < -0.39 is 5.97 Å². The summed E-state index contributed by atoms with van der Waals surface area (Å²) < 4.78 is 5.35. The number of carboxylic acids is 1. The zero-order valence-corrected chi connectivity index (χ0v) is 10.8. The molecule has 0 aliphatic carbocycles. The number of thiazole rings is 1. The lowest BCUT2D eigenvalue weighted by atomic mass is 10.2. The number of rotatable bonds is 5. The Morgan fingerprint density at radius 3 is 3.06 bits per heavy atom. The Bertz CT molecular complexity index is 460. The van der Waals surface area contributed by atoms with E-state index >= 15 is 0 Å². The fourth-order valence-electron chi connectivity index (χ4n) is 1.88. The van der Waals surface area contributed by atoms with Crippen LogP contribution in [0, 0.1) is 0 Å². The molecule has 98 valence electrons. The lowest BCUT2D eigenvalue weighted by Crippen LogP contribution is -2.34. The van der Waals surface area contributed by atoms with Crippen molar-refractivity contribution >= 4 is 23.2 Å². The van der Waals surface area contributed by atoms with Crippen LogP contribution in [0.2, 0.25) is 0 Å². The van der Waals surface area contributed by atoms with Crippen molar-refractivity contribution < 1.29 is 19.4 Å². The first-order valence-electron chi connectivity index (χ1n) is 5.69. The van der Waals surface area contributed by atoms with Crippen molar-refractivity contribution in [1.82, 2.24) is 9.88 Å². The molecule has 1 atom stereocenters. The third-order valence-electron chi connectivity index (χ3n) is 2.89. The summed E-state index contributed by atoms with van der Waals surface area (Å²) in [7, 11) is 0. The summed E-state index contributed by atoms with van der Waals surface area (Å²) in [5.74, 6) is -0.916. The second kappa shape index (κ2) is 5.34. The van der Waals surface area contributed by atoms with E-state index in [1.807, 2.05) is 6.92 Å². The quantitative estimate of drug-likeness (QED) is 0.870. The molecule has 0 spiro atoms. The van der Waals surface area contributed by atoms with Gasteiger partial charge in [0, 0.05) is 17.8 Å². The van der Waals surface area contributed by atoms with Gasteiger partial charge in [-0.25, -0.2) is 4.79 Å². The normalized spacial score (nSPS) is 19.3. The first kappa shape index (κ1) is 12.8. The number of carbonyl (C=O) groups excluding carboxylic acids is 1. The average Bonchev–Trinajstić information content (AvgIpc) is 2.90. The third-order valence-corrected chi connectivity index (χ3v) is 3.64. The fraction of sp³-hybridized carbons (Fsp3) is 0.545. The van der Waals surface area contributed by atoms with Gasteiger partial charge in [0.05, 0.1) is 6.54 Å². The number of aromatic nitrogens is 1. The minimum Gasteiger partial charge on any atom is -0.476 e. The minimum atomic E-state index is -1.07. The Morgan fingerprint density at radius 2 is 2.50 bits per heavy atom. The van der Waals surface area contributed by atoms with Crippen LogP contribution in [0.25, 0.3) is 0 Å². The highest BCUT2D eigenvalue weighted by Crippen LogP contribution is 2.20. The molecule has 1 N–H and O–H groups in total. The van der Waals surface area contributed by atoms with Crippen molar-refractivity contribution in [3.63, 3.8) is 0 Å². The van der Waals surface area contributed by atoms with Gasteiger partial charge in [-0.05, 0) is 13.3 Å². The van der Waals surface area contributed by atoms with Crippen LogP contribution in [0.1, 0.15) is 30.3 Å². The monoisotopic (exact) mass is 270 g/mol. The van der Waals surface area contributed by atoms with E-state index in [2.05, 4.69) is 4.98 Å². The molecule has 1 aromatic rings. The van der Waals surface area contributed by atoms with Gasteiger partial charge in [-0.15, -0.1) is 0 Å². The van der Waals surface area contributed by atoms with Crippen LogP contribution in [-0.4, -0.2) is 46.1 Å². The van der Waals surface area contributed by atoms with Crippen molar-refractivity contribution in [2.45, 2.75) is 25.8 Å². The van der Waals surface area contributed by atoms with Gasteiger partial charge in [-0.2, -0.15) is 4.98 Å². The summed E-state index contributed by atoms with van der Waals surface area (Å²) >= 11 is 1.14. The Morgan fingerprint density at radius 1 is 1.72 bits per heavy atom. The Labute approximate surface area is 108 Å². The molecular weight excluding hydrogens is 256 g/mol. The van der Waals surface area contributed by atoms with E-state index in [0.717, 1.165) is 17.8 Å². The van der Waals surface area contributed by atoms with Crippen molar-refractivity contribution in [3.05, 3.63) is 11.1 Å². The van der Waals surface area contributed by atoms with Crippen molar-refractivity contribution in [1.29, 1.82) is 0 Å². The molecule has 1 aromatic heterocycles. The van der Waals surface area contributed by atoms with Crippen molar-refractivity contribution in [2.24, 2.45) is 0 Å². The predicted octanol–water partition coefficient (Wildman–Crippen LogP) is 1.23. The van der Waals surface area contributed by atoms with Gasteiger partial charge < -0.3 is 14.7 Å². The first-order chi connectivity index (χ1) is 8.58. The van der Waals surface area contributed by atoms with Gasteiger partial charge in [0.25, 0.3) is 5.19 Å². The number of likely N-dealkylation sites (tertiary alicyclic amines) is 1. The summed E-state index contributed by atoms with van der Waals surface area (Å²) in [6.45, 7) is 2.86. The van der Waals surface area contributed by atoms with E-state index in [1.165, 1.54) is 5.38 Å². The molecule has 2 heterocycles. The maximum Gasteiger partial charge on any atom is 0.355 e. The highest BCUT2D eigenvalue weighted by atomic mass is 32.1. The fourth-order valence-corrected chi connectivity index (χ4v) is 2.54. The molecule has 7 heteroatoms.